The van der Waals surface area contributed by atoms with Crippen LogP contribution in [0.15, 0.2) is 127 Å². The molecular weight excluding hydrogens is 515 g/mol. The zero-order valence-corrected chi connectivity index (χ0v) is 24.0. The molecule has 2 aromatic heterocycles. The summed E-state index contributed by atoms with van der Waals surface area (Å²) in [4.78, 5) is 0. The third-order valence-electron chi connectivity index (χ3n) is 8.43. The first-order chi connectivity index (χ1) is 20.3. The number of benzene rings is 6. The van der Waals surface area contributed by atoms with E-state index in [1.54, 1.807) is 0 Å². The number of fused-ring (bicyclic) bond motifs is 11. The highest BCUT2D eigenvalue weighted by molar-refractivity contribution is 7.27. The zero-order valence-electron chi connectivity index (χ0n) is 23.2. The number of thiophene rings is 1. The molecule has 41 heavy (non-hydrogen) atoms. The van der Waals surface area contributed by atoms with Crippen molar-refractivity contribution in [3.63, 3.8) is 0 Å². The molecule has 8 aromatic rings. The first kappa shape index (κ1) is 24.2. The molecule has 0 atom stereocenters. The Morgan fingerprint density at radius 3 is 2.27 bits per heavy atom. The quantitative estimate of drug-likeness (QED) is 0.195. The Kier molecular flexibility index (Phi) is 5.58. The highest BCUT2D eigenvalue weighted by Gasteiger charge is 2.22. The maximum absolute atomic E-state index is 2.54. The van der Waals surface area contributed by atoms with Gasteiger partial charge in [-0.25, -0.2) is 0 Å². The summed E-state index contributed by atoms with van der Waals surface area (Å²) in [6.07, 6.45) is 7.75. The molecule has 196 valence electrons. The maximum Gasteiger partial charge on any atom is 0.0640 e. The molecule has 0 radical (unpaired) electrons. The Bertz CT molecular complexity index is 2350. The van der Waals surface area contributed by atoms with Crippen molar-refractivity contribution in [1.82, 2.24) is 4.57 Å². The summed E-state index contributed by atoms with van der Waals surface area (Å²) in [5.41, 5.74) is 6.26. The molecule has 0 N–H and O–H groups in total. The summed E-state index contributed by atoms with van der Waals surface area (Å²) < 4.78 is 5.23. The fourth-order valence-electron chi connectivity index (χ4n) is 6.61. The van der Waals surface area contributed by atoms with Crippen LogP contribution in [0.5, 0.6) is 0 Å². The molecule has 0 saturated carbocycles. The predicted molar refractivity (Wildman–Crippen MR) is 182 cm³/mol. The van der Waals surface area contributed by atoms with E-state index >= 15 is 0 Å². The average molecular weight is 544 g/mol. The molecule has 0 fully saturated rings. The molecule has 0 bridgehead atoms. The van der Waals surface area contributed by atoms with Gasteiger partial charge in [-0.05, 0) is 59.5 Å². The lowest BCUT2D eigenvalue weighted by Crippen LogP contribution is -1.96. The first-order valence-corrected chi connectivity index (χ1v) is 15.2. The molecule has 0 aliphatic heterocycles. The van der Waals surface area contributed by atoms with Gasteiger partial charge in [-0.3, -0.25) is 0 Å². The van der Waals surface area contributed by atoms with Crippen LogP contribution in [0.2, 0.25) is 0 Å². The second-order valence-corrected chi connectivity index (χ2v) is 11.7. The van der Waals surface area contributed by atoms with Gasteiger partial charge >= 0.3 is 0 Å². The number of nitrogens with zero attached hydrogens (tertiary/aromatic N) is 1. The van der Waals surface area contributed by atoms with Crippen molar-refractivity contribution in [1.29, 1.82) is 0 Å². The second-order valence-electron chi connectivity index (χ2n) is 10.7. The molecule has 1 nitrogen and oxygen atoms in total. The summed E-state index contributed by atoms with van der Waals surface area (Å²) >= 11 is 1.91. The molecule has 0 saturated heterocycles. The van der Waals surface area contributed by atoms with Crippen molar-refractivity contribution in [2.75, 3.05) is 0 Å². The fourth-order valence-corrected chi connectivity index (χ4v) is 7.85. The number of allylic oxidation sites excluding steroid dienone is 4. The van der Waals surface area contributed by atoms with Crippen molar-refractivity contribution in [2.24, 2.45) is 0 Å². The van der Waals surface area contributed by atoms with Crippen molar-refractivity contribution in [3.05, 3.63) is 133 Å². The van der Waals surface area contributed by atoms with E-state index < -0.39 is 0 Å². The molecule has 0 aliphatic rings. The summed E-state index contributed by atoms with van der Waals surface area (Å²) in [5, 5.41) is 10.5. The van der Waals surface area contributed by atoms with Gasteiger partial charge in [0.2, 0.25) is 0 Å². The summed E-state index contributed by atoms with van der Waals surface area (Å²) in [5.74, 6) is 0. The molecule has 8 rings (SSSR count). The van der Waals surface area contributed by atoms with Crippen molar-refractivity contribution in [3.8, 4) is 5.69 Å². The monoisotopic (exact) mass is 543 g/mol. The number of aromatic nitrogens is 1. The van der Waals surface area contributed by atoms with Crippen LogP contribution >= 0.6 is 11.3 Å². The van der Waals surface area contributed by atoms with Gasteiger partial charge in [0, 0.05) is 41.7 Å². The molecule has 0 amide bonds. The number of hydrogen-bond acceptors (Lipinski definition) is 1. The van der Waals surface area contributed by atoms with Gasteiger partial charge in [-0.1, -0.05) is 110 Å². The molecule has 6 aromatic carbocycles. The lowest BCUT2D eigenvalue weighted by atomic mass is 9.97. The lowest BCUT2D eigenvalue weighted by molar-refractivity contribution is 1.21. The summed E-state index contributed by atoms with van der Waals surface area (Å²) in [6.45, 7) is 4.32. The minimum absolute atomic E-state index is 1.02. The van der Waals surface area contributed by atoms with Crippen LogP contribution in [0, 0.1) is 0 Å². The van der Waals surface area contributed by atoms with E-state index in [9.17, 15) is 0 Å². The summed E-state index contributed by atoms with van der Waals surface area (Å²) in [7, 11) is 0. The Morgan fingerprint density at radius 1 is 0.707 bits per heavy atom. The van der Waals surface area contributed by atoms with Crippen LogP contribution in [0.4, 0.5) is 0 Å². The molecule has 0 unspecified atom stereocenters. The van der Waals surface area contributed by atoms with Crippen molar-refractivity contribution < 1.29 is 0 Å². The van der Waals surface area contributed by atoms with Gasteiger partial charge in [-0.2, -0.15) is 0 Å². The van der Waals surface area contributed by atoms with Crippen LogP contribution in [0.25, 0.3) is 74.8 Å². The van der Waals surface area contributed by atoms with Gasteiger partial charge in [0.1, 0.15) is 0 Å². The third kappa shape index (κ3) is 3.54. The predicted octanol–water partition coefficient (Wildman–Crippen LogP) is 11.8. The van der Waals surface area contributed by atoms with Gasteiger partial charge in [-0.15, -0.1) is 11.3 Å². The van der Waals surface area contributed by atoms with Gasteiger partial charge in [0.25, 0.3) is 0 Å². The molecule has 0 aliphatic carbocycles. The molecular formula is C39H29NS. The van der Waals surface area contributed by atoms with E-state index in [-0.39, 0.29) is 0 Å². The second kappa shape index (κ2) is 9.47. The fraction of sp³-hybridized carbons (Fsp3) is 0.0769. The van der Waals surface area contributed by atoms with E-state index in [0.29, 0.717) is 0 Å². The van der Waals surface area contributed by atoms with Crippen LogP contribution < -0.4 is 0 Å². The zero-order chi connectivity index (χ0) is 27.5. The standard InChI is InChI=1S/C39H29NS/c1-3-5-13-25(4-2)27-22-23-34-32(24-27)36-29-17-8-9-18-30(29)39-37(31-19-10-11-21-35(31)41-39)38(36)40(34)33-20-12-15-26-14-6-7-16-28(26)33/h4-24H,3H2,1-2H3/b13-5-,25-4+. The van der Waals surface area contributed by atoms with Crippen LogP contribution in [0.1, 0.15) is 25.8 Å². The normalized spacial score (nSPS) is 12.8. The minimum atomic E-state index is 1.02. The van der Waals surface area contributed by atoms with Crippen molar-refractivity contribution in [2.45, 2.75) is 20.3 Å². The van der Waals surface area contributed by atoms with E-state index in [0.717, 1.165) is 6.42 Å². The highest BCUT2D eigenvalue weighted by atomic mass is 32.1. The summed E-state index contributed by atoms with van der Waals surface area (Å²) in [6, 6.07) is 40.4. The Morgan fingerprint density at radius 2 is 1.44 bits per heavy atom. The SMILES string of the molecule is C/C=C(\C=C/CC)c1ccc2c(c1)c1c3ccccc3c3sc4ccccc4c3c1n2-c1cccc2ccccc12. The molecule has 2 heteroatoms. The lowest BCUT2D eigenvalue weighted by Gasteiger charge is -2.13. The van der Waals surface area contributed by atoms with E-state index in [1.165, 1.54) is 80.3 Å². The average Bonchev–Trinajstić information content (AvgIpc) is 3.57. The Hall–Kier alpha value is -4.66. The highest BCUT2D eigenvalue weighted by Crippen LogP contribution is 2.48. The van der Waals surface area contributed by atoms with Crippen LogP contribution in [0.3, 0.4) is 0 Å². The molecule has 2 heterocycles. The minimum Gasteiger partial charge on any atom is -0.308 e. The maximum atomic E-state index is 2.54. The van der Waals surface area contributed by atoms with Crippen LogP contribution in [-0.2, 0) is 0 Å². The van der Waals surface area contributed by atoms with Crippen LogP contribution in [-0.4, -0.2) is 4.57 Å². The number of rotatable bonds is 4. The van der Waals surface area contributed by atoms with Gasteiger partial charge < -0.3 is 4.57 Å². The van der Waals surface area contributed by atoms with Gasteiger partial charge in [0.05, 0.1) is 16.7 Å². The Balaban J connectivity index is 1.66. The van der Waals surface area contributed by atoms with E-state index in [2.05, 4.69) is 146 Å². The molecule has 0 spiro atoms. The number of hydrogen-bond donors (Lipinski definition) is 0. The van der Waals surface area contributed by atoms with E-state index in [1.807, 2.05) is 11.3 Å². The first-order valence-electron chi connectivity index (χ1n) is 14.4. The van der Waals surface area contributed by atoms with E-state index in [4.69, 9.17) is 0 Å². The third-order valence-corrected chi connectivity index (χ3v) is 9.63. The van der Waals surface area contributed by atoms with Crippen molar-refractivity contribution >= 4 is 80.4 Å². The Labute approximate surface area is 243 Å². The smallest absolute Gasteiger partial charge is 0.0640 e. The largest absolute Gasteiger partial charge is 0.308 e. The topological polar surface area (TPSA) is 4.93 Å². The van der Waals surface area contributed by atoms with Gasteiger partial charge in [0.15, 0.2) is 0 Å².